The Labute approximate surface area is 328 Å². The van der Waals surface area contributed by atoms with Gasteiger partial charge >= 0.3 is 12.2 Å². The molecule has 8 rings (SSSR count). The fourth-order valence-electron chi connectivity index (χ4n) is 7.95. The summed E-state index contributed by atoms with van der Waals surface area (Å²) in [5, 5.41) is 2.71. The first kappa shape index (κ1) is 37.0. The number of primary amides is 1. The molecule has 14 nitrogen and oxygen atoms in total. The van der Waals surface area contributed by atoms with E-state index in [9.17, 15) is 19.2 Å². The Bertz CT molecular complexity index is 2410. The molecule has 2 saturated heterocycles. The molecule has 14 heteroatoms. The van der Waals surface area contributed by atoms with E-state index in [1.54, 1.807) is 40.3 Å². The lowest BCUT2D eigenvalue weighted by atomic mass is 10.0. The van der Waals surface area contributed by atoms with Crippen molar-refractivity contribution in [3.05, 3.63) is 132 Å². The fourth-order valence-corrected chi connectivity index (χ4v) is 7.95. The lowest BCUT2D eigenvalue weighted by Crippen LogP contribution is -2.42. The Kier molecular flexibility index (Phi) is 10.4. The van der Waals surface area contributed by atoms with Gasteiger partial charge in [-0.25, -0.2) is 19.6 Å². The summed E-state index contributed by atoms with van der Waals surface area (Å²) in [6.45, 7) is 1.03. The number of H-pyrrole nitrogens is 2. The molecule has 2 aromatic heterocycles. The number of amides is 4. The van der Waals surface area contributed by atoms with Gasteiger partial charge in [-0.15, -0.1) is 0 Å². The lowest BCUT2D eigenvalue weighted by Gasteiger charge is -2.28. The third kappa shape index (κ3) is 7.66. The van der Waals surface area contributed by atoms with Crippen LogP contribution in [-0.2, 0) is 19.1 Å². The maximum Gasteiger partial charge on any atom is 0.407 e. The third-order valence-corrected chi connectivity index (χ3v) is 10.7. The highest BCUT2D eigenvalue weighted by Gasteiger charge is 2.39. The topological polar surface area (TPSA) is 189 Å². The number of hydrogen-bond donors (Lipinski definition) is 4. The van der Waals surface area contributed by atoms with Crippen LogP contribution in [0.4, 0.5) is 9.59 Å². The number of aromatic nitrogens is 4. The van der Waals surface area contributed by atoms with Crippen molar-refractivity contribution in [3.8, 4) is 22.4 Å². The summed E-state index contributed by atoms with van der Waals surface area (Å²) in [6.07, 6.45) is 1.92. The van der Waals surface area contributed by atoms with Gasteiger partial charge in [0.1, 0.15) is 17.7 Å². The van der Waals surface area contributed by atoms with Gasteiger partial charge in [-0.2, -0.15) is 0 Å². The van der Waals surface area contributed by atoms with Crippen LogP contribution in [0.3, 0.4) is 0 Å². The molecule has 5 N–H and O–H groups in total. The Hall–Kier alpha value is -6.96. The summed E-state index contributed by atoms with van der Waals surface area (Å²) >= 11 is 0. The van der Waals surface area contributed by atoms with Crippen LogP contribution in [0.15, 0.2) is 109 Å². The molecule has 4 heterocycles. The summed E-state index contributed by atoms with van der Waals surface area (Å²) in [4.78, 5) is 71.8. The number of imidazole rings is 2. The number of ether oxygens (including phenoxy) is 2. The number of rotatable bonds is 10. The minimum atomic E-state index is -1.15. The zero-order chi connectivity index (χ0) is 39.5. The molecular weight excluding hydrogens is 725 g/mol. The first-order chi connectivity index (χ1) is 27.8. The van der Waals surface area contributed by atoms with Gasteiger partial charge < -0.3 is 40.3 Å². The Balaban J connectivity index is 1.01. The molecule has 0 bridgehead atoms. The standard InChI is InChI=1S/C43H42N8O6/c1-56-43(55)49-36(26-11-4-2-5-12-26)40(52)50-21-10-18-35(50)39-46-31-20-19-29(24-32(31)47-39)28-15-8-16-30(23-28)33-25-45-38(48-33)34-17-9-22-51(34)41(53)37(57-42(44)54)27-13-6-3-7-14-27/h2-8,11-16,19-20,23-25,34-37H,9-10,17-18,21-22H2,1H3,(H2,44,54)(H,45,48)(H,46,47)(H,49,55)/t34-,35-,36+,37+/m0/s1. The van der Waals surface area contributed by atoms with Crippen molar-refractivity contribution in [1.29, 1.82) is 0 Å². The van der Waals surface area contributed by atoms with E-state index in [-0.39, 0.29) is 23.9 Å². The lowest BCUT2D eigenvalue weighted by molar-refractivity contribution is -0.141. The second kappa shape index (κ2) is 16.0. The van der Waals surface area contributed by atoms with E-state index >= 15 is 0 Å². The predicted octanol–water partition coefficient (Wildman–Crippen LogP) is 6.88. The maximum atomic E-state index is 14.0. The number of alkyl carbamates (subject to hydrolysis) is 1. The highest BCUT2D eigenvalue weighted by atomic mass is 16.6. The van der Waals surface area contributed by atoms with Crippen LogP contribution in [-0.4, -0.2) is 73.9 Å². The average Bonchev–Trinajstić information content (AvgIpc) is 4.08. The third-order valence-electron chi connectivity index (χ3n) is 10.7. The first-order valence-electron chi connectivity index (χ1n) is 18.9. The molecule has 57 heavy (non-hydrogen) atoms. The van der Waals surface area contributed by atoms with Crippen LogP contribution < -0.4 is 11.1 Å². The molecule has 4 amide bonds. The molecule has 4 aromatic carbocycles. The van der Waals surface area contributed by atoms with Crippen molar-refractivity contribution in [2.24, 2.45) is 5.73 Å². The van der Waals surface area contributed by atoms with Crippen LogP contribution in [0.5, 0.6) is 0 Å². The molecule has 6 aromatic rings. The van der Waals surface area contributed by atoms with E-state index in [4.69, 9.17) is 25.2 Å². The summed E-state index contributed by atoms with van der Waals surface area (Å²) < 4.78 is 10.1. The Morgan fingerprint density at radius 1 is 0.754 bits per heavy atom. The number of likely N-dealkylation sites (tertiary alicyclic amines) is 2. The van der Waals surface area contributed by atoms with Gasteiger partial charge in [0.05, 0.1) is 42.1 Å². The number of methoxy groups -OCH3 is 1. The summed E-state index contributed by atoms with van der Waals surface area (Å²) in [5.74, 6) is 0.759. The zero-order valence-electron chi connectivity index (χ0n) is 31.3. The van der Waals surface area contributed by atoms with Crippen molar-refractivity contribution in [2.45, 2.75) is 49.9 Å². The number of nitrogens with one attached hydrogen (secondary N) is 3. The van der Waals surface area contributed by atoms with Crippen molar-refractivity contribution in [3.63, 3.8) is 0 Å². The number of fused-ring (bicyclic) bond motifs is 1. The number of hydrogen-bond acceptors (Lipinski definition) is 8. The summed E-state index contributed by atoms with van der Waals surface area (Å²) in [6, 6.07) is 30.6. The number of nitrogens with zero attached hydrogens (tertiary/aromatic N) is 4. The van der Waals surface area contributed by atoms with E-state index in [2.05, 4.69) is 27.4 Å². The molecule has 290 valence electrons. The van der Waals surface area contributed by atoms with Gasteiger partial charge in [0.2, 0.25) is 6.10 Å². The number of carbonyl (C=O) groups excluding carboxylic acids is 4. The fraction of sp³-hybridized carbons (Fsp3) is 0.256. The van der Waals surface area contributed by atoms with Crippen LogP contribution in [0, 0.1) is 0 Å². The van der Waals surface area contributed by atoms with E-state index in [0.29, 0.717) is 42.3 Å². The van der Waals surface area contributed by atoms with Crippen LogP contribution in [0.25, 0.3) is 33.4 Å². The quantitative estimate of drug-likeness (QED) is 0.116. The highest BCUT2D eigenvalue weighted by Crippen LogP contribution is 2.37. The van der Waals surface area contributed by atoms with Crippen LogP contribution in [0.1, 0.15) is 72.7 Å². The number of aromatic amines is 2. The molecule has 2 aliphatic heterocycles. The van der Waals surface area contributed by atoms with Gasteiger partial charge in [0, 0.05) is 24.2 Å². The predicted molar refractivity (Wildman–Crippen MR) is 211 cm³/mol. The average molecular weight is 767 g/mol. The number of nitrogens with two attached hydrogens (primary N) is 1. The molecule has 0 radical (unpaired) electrons. The van der Waals surface area contributed by atoms with Gasteiger partial charge in [-0.05, 0) is 60.6 Å². The molecule has 2 aliphatic rings. The van der Waals surface area contributed by atoms with Gasteiger partial charge in [-0.3, -0.25) is 9.59 Å². The van der Waals surface area contributed by atoms with E-state index in [1.165, 1.54) is 7.11 Å². The number of benzene rings is 4. The zero-order valence-corrected chi connectivity index (χ0v) is 31.3. The van der Waals surface area contributed by atoms with Crippen LogP contribution >= 0.6 is 0 Å². The SMILES string of the molecule is COC(=O)N[C@@H](C(=O)N1CCC[C@H]1c1nc2ccc(-c3cccc(-c4cnc([C@@H]5CCCN5C(=O)[C@H](OC(N)=O)c5ccccc5)[nH]4)c3)cc2[nH]1)c1ccccc1. The van der Waals surface area contributed by atoms with E-state index in [0.717, 1.165) is 52.7 Å². The highest BCUT2D eigenvalue weighted by molar-refractivity contribution is 5.88. The minimum Gasteiger partial charge on any atom is -0.453 e. The maximum absolute atomic E-state index is 14.0. The van der Waals surface area contributed by atoms with Gasteiger partial charge in [-0.1, -0.05) is 84.9 Å². The largest absolute Gasteiger partial charge is 0.453 e. The van der Waals surface area contributed by atoms with E-state index < -0.39 is 24.3 Å². The van der Waals surface area contributed by atoms with Crippen molar-refractivity contribution < 1.29 is 28.7 Å². The molecule has 0 spiro atoms. The Morgan fingerprint density at radius 3 is 2.11 bits per heavy atom. The molecule has 0 unspecified atom stereocenters. The minimum absolute atomic E-state index is 0.227. The monoisotopic (exact) mass is 766 g/mol. The smallest absolute Gasteiger partial charge is 0.407 e. The normalized spacial score (nSPS) is 17.6. The molecule has 2 fully saturated rings. The van der Waals surface area contributed by atoms with Crippen LogP contribution in [0.2, 0.25) is 0 Å². The van der Waals surface area contributed by atoms with Gasteiger partial charge in [0.25, 0.3) is 11.8 Å². The van der Waals surface area contributed by atoms with Crippen molar-refractivity contribution >= 4 is 35.0 Å². The first-order valence-corrected chi connectivity index (χ1v) is 18.9. The van der Waals surface area contributed by atoms with Crippen molar-refractivity contribution in [2.75, 3.05) is 20.2 Å². The molecular formula is C43H42N8O6. The summed E-state index contributed by atoms with van der Waals surface area (Å²) in [5.41, 5.74) is 11.9. The molecule has 0 aliphatic carbocycles. The Morgan fingerprint density at radius 2 is 1.40 bits per heavy atom. The summed E-state index contributed by atoms with van der Waals surface area (Å²) in [7, 11) is 1.27. The molecule has 4 atom stereocenters. The van der Waals surface area contributed by atoms with Gasteiger partial charge in [0.15, 0.2) is 0 Å². The van der Waals surface area contributed by atoms with E-state index in [1.807, 2.05) is 66.7 Å². The number of carbonyl (C=O) groups is 4. The second-order valence-corrected chi connectivity index (χ2v) is 14.2. The van der Waals surface area contributed by atoms with Crippen molar-refractivity contribution in [1.82, 2.24) is 35.1 Å². The molecule has 0 saturated carbocycles. The second-order valence-electron chi connectivity index (χ2n) is 14.2.